The van der Waals surface area contributed by atoms with Gasteiger partial charge in [-0.1, -0.05) is 48.4 Å². The van der Waals surface area contributed by atoms with Gasteiger partial charge in [-0.25, -0.2) is 9.18 Å². The van der Waals surface area contributed by atoms with Crippen molar-refractivity contribution in [2.45, 2.75) is 45.2 Å². The van der Waals surface area contributed by atoms with Crippen molar-refractivity contribution in [2.75, 3.05) is 31.7 Å². The first-order valence-corrected chi connectivity index (χ1v) is 15.3. The van der Waals surface area contributed by atoms with Gasteiger partial charge in [-0.2, -0.15) is 4.68 Å². The quantitative estimate of drug-likeness (QED) is 0.217. The third kappa shape index (κ3) is 7.06. The van der Waals surface area contributed by atoms with Crippen LogP contribution in [0.15, 0.2) is 54.6 Å². The molecule has 2 amide bonds. The van der Waals surface area contributed by atoms with Gasteiger partial charge < -0.3 is 15.4 Å². The summed E-state index contributed by atoms with van der Waals surface area (Å²) in [6.45, 7) is 5.34. The van der Waals surface area contributed by atoms with Crippen LogP contribution in [0.25, 0.3) is 10.2 Å². The van der Waals surface area contributed by atoms with Gasteiger partial charge in [0.05, 0.1) is 15.8 Å². The zero-order valence-corrected chi connectivity index (χ0v) is 25.6. The maximum atomic E-state index is 13.4. The minimum atomic E-state index is -0.921. The molecule has 226 valence electrons. The normalized spacial score (nSPS) is 14.0. The van der Waals surface area contributed by atoms with Gasteiger partial charge in [-0.3, -0.25) is 14.5 Å². The Kier molecular flexibility index (Phi) is 9.43. The molecule has 12 heteroatoms. The Morgan fingerprint density at radius 2 is 1.77 bits per heavy atom. The van der Waals surface area contributed by atoms with Gasteiger partial charge in [0.2, 0.25) is 0 Å². The Bertz CT molecular complexity index is 1630. The number of amides is 2. The number of aromatic nitrogens is 2. The van der Waals surface area contributed by atoms with Crippen LogP contribution >= 0.6 is 22.9 Å². The van der Waals surface area contributed by atoms with Crippen molar-refractivity contribution in [1.29, 1.82) is 0 Å². The number of anilines is 1. The van der Waals surface area contributed by atoms with Crippen LogP contribution < -0.4 is 10.6 Å². The molecule has 1 aliphatic rings. The molecule has 2 aromatic heterocycles. The first-order valence-electron chi connectivity index (χ1n) is 14.1. The number of benzene rings is 2. The van der Waals surface area contributed by atoms with Gasteiger partial charge in [0, 0.05) is 17.1 Å². The molecule has 4 aromatic rings. The summed E-state index contributed by atoms with van der Waals surface area (Å²) < 4.78 is 18.6. The highest BCUT2D eigenvalue weighted by atomic mass is 35.5. The van der Waals surface area contributed by atoms with Crippen molar-refractivity contribution in [3.63, 3.8) is 0 Å². The smallest absolute Gasteiger partial charge is 0.436 e. The molecule has 1 saturated heterocycles. The first kappa shape index (κ1) is 30.7. The van der Waals surface area contributed by atoms with Crippen molar-refractivity contribution in [1.82, 2.24) is 20.0 Å². The van der Waals surface area contributed by atoms with Crippen LogP contribution in [0.2, 0.25) is 5.02 Å². The molecule has 5 rings (SSSR count). The predicted molar refractivity (Wildman–Crippen MR) is 166 cm³/mol. The second kappa shape index (κ2) is 13.2. The maximum Gasteiger partial charge on any atom is 0.436 e. The van der Waals surface area contributed by atoms with Gasteiger partial charge in [0.25, 0.3) is 11.8 Å². The number of thiophene rings is 1. The molecule has 0 aliphatic carbocycles. The van der Waals surface area contributed by atoms with Crippen LogP contribution in [-0.2, 0) is 16.8 Å². The average Bonchev–Trinajstić information content (AvgIpc) is 3.57. The fraction of sp³-hybridized carbons (Fsp3) is 0.355. The van der Waals surface area contributed by atoms with Crippen molar-refractivity contribution in [3.8, 4) is 0 Å². The number of fused-ring (bicyclic) bond motifs is 1. The van der Waals surface area contributed by atoms with Crippen molar-refractivity contribution >= 4 is 56.9 Å². The Hall–Kier alpha value is -3.80. The zero-order chi connectivity index (χ0) is 30.6. The van der Waals surface area contributed by atoms with Crippen molar-refractivity contribution < 1.29 is 23.5 Å². The van der Waals surface area contributed by atoms with E-state index < -0.39 is 36.7 Å². The number of carbonyl (C=O) groups excluding carboxylic acids is 3. The minimum Gasteiger partial charge on any atom is -0.445 e. The summed E-state index contributed by atoms with van der Waals surface area (Å²) in [5.41, 5.74) is 1.46. The number of likely N-dealkylation sites (tertiary alicyclic amines) is 1. The molecule has 43 heavy (non-hydrogen) atoms. The van der Waals surface area contributed by atoms with E-state index in [-0.39, 0.29) is 15.5 Å². The number of ether oxygens (including phenoxy) is 1. The minimum absolute atomic E-state index is 0.0789. The molecular weight excluding hydrogens is 593 g/mol. The molecule has 0 bridgehead atoms. The van der Waals surface area contributed by atoms with E-state index >= 15 is 0 Å². The number of piperidine rings is 1. The van der Waals surface area contributed by atoms with Gasteiger partial charge >= 0.3 is 6.09 Å². The number of nitrogens with one attached hydrogen (secondary N) is 2. The Balaban J connectivity index is 1.38. The van der Waals surface area contributed by atoms with Crippen LogP contribution in [0.4, 0.5) is 15.0 Å². The van der Waals surface area contributed by atoms with Crippen LogP contribution in [0, 0.1) is 0 Å². The van der Waals surface area contributed by atoms with Crippen LogP contribution in [0.1, 0.15) is 64.3 Å². The highest BCUT2D eigenvalue weighted by Crippen LogP contribution is 2.34. The second-order valence-electron chi connectivity index (χ2n) is 10.9. The van der Waals surface area contributed by atoms with E-state index in [1.165, 1.54) is 19.3 Å². The third-order valence-electron chi connectivity index (χ3n) is 7.34. The third-order valence-corrected chi connectivity index (χ3v) is 8.77. The second-order valence-corrected chi connectivity index (χ2v) is 12.4. The van der Waals surface area contributed by atoms with Crippen molar-refractivity contribution in [3.05, 3.63) is 81.2 Å². The van der Waals surface area contributed by atoms with E-state index in [0.29, 0.717) is 16.0 Å². The molecule has 0 saturated carbocycles. The van der Waals surface area contributed by atoms with E-state index in [0.717, 1.165) is 46.8 Å². The van der Waals surface area contributed by atoms with Crippen molar-refractivity contribution in [2.24, 2.45) is 0 Å². The van der Waals surface area contributed by atoms with Crippen LogP contribution in [0.3, 0.4) is 0 Å². The molecule has 2 N–H and O–H groups in total. The lowest BCUT2D eigenvalue weighted by Gasteiger charge is -2.27. The Labute approximate surface area is 258 Å². The van der Waals surface area contributed by atoms with E-state index in [9.17, 15) is 18.8 Å². The molecule has 3 heterocycles. The highest BCUT2D eigenvalue weighted by molar-refractivity contribution is 7.20. The number of halogens is 2. The lowest BCUT2D eigenvalue weighted by atomic mass is 9.94. The topological polar surface area (TPSA) is 106 Å². The molecule has 1 aliphatic heterocycles. The van der Waals surface area contributed by atoms with Gasteiger partial charge in [-0.05, 0) is 75.2 Å². The molecule has 1 fully saturated rings. The number of nitrogens with zero attached hydrogens (tertiary/aromatic N) is 3. The van der Waals surface area contributed by atoms with Crippen LogP contribution in [-0.4, -0.2) is 59.0 Å². The maximum absolute atomic E-state index is 13.4. The lowest BCUT2D eigenvalue weighted by molar-refractivity contribution is 0.0915. The number of hydrogen-bond donors (Lipinski definition) is 2. The number of alkyl halides is 1. The average molecular weight is 626 g/mol. The summed E-state index contributed by atoms with van der Waals surface area (Å²) in [6, 6.07) is 16.1. The summed E-state index contributed by atoms with van der Waals surface area (Å²) in [5, 5.41) is 10.9. The molecule has 0 spiro atoms. The molecule has 0 radical (unpaired) electrons. The predicted octanol–water partition coefficient (Wildman–Crippen LogP) is 6.61. The largest absolute Gasteiger partial charge is 0.445 e. The SMILES string of the molecule is CC(C)(NC(=O)c1cc2c(NC(=O)c3ccc(CN4CCCCC4)cc3)nn(C(=O)OCCF)c2s1)c1ccccc1Cl. The number of rotatable bonds is 9. The summed E-state index contributed by atoms with van der Waals surface area (Å²) in [7, 11) is 0. The lowest BCUT2D eigenvalue weighted by Crippen LogP contribution is -2.40. The van der Waals surface area contributed by atoms with Gasteiger partial charge in [0.15, 0.2) is 5.82 Å². The summed E-state index contributed by atoms with van der Waals surface area (Å²) in [6.07, 6.45) is 2.75. The number of hydrogen-bond acceptors (Lipinski definition) is 7. The highest BCUT2D eigenvalue weighted by Gasteiger charge is 2.28. The van der Waals surface area contributed by atoms with E-state index in [1.54, 1.807) is 24.3 Å². The zero-order valence-electron chi connectivity index (χ0n) is 24.0. The van der Waals surface area contributed by atoms with E-state index in [1.807, 2.05) is 44.2 Å². The van der Waals surface area contributed by atoms with Crippen LogP contribution in [0.5, 0.6) is 0 Å². The molecule has 9 nitrogen and oxygen atoms in total. The standard InChI is InChI=1S/C31H33ClFN5O4S/c1-31(2,23-8-4-5-9-24(23)32)35-28(40)25-18-22-26(36-38(29(22)43-25)30(41)42-17-14-33)34-27(39)21-12-10-20(11-13-21)19-37-15-6-3-7-16-37/h4-5,8-13,18H,3,6-7,14-17,19H2,1-2H3,(H,35,40)(H,34,36,39). The van der Waals surface area contributed by atoms with E-state index in [2.05, 4.69) is 20.6 Å². The van der Waals surface area contributed by atoms with Gasteiger partial charge in [0.1, 0.15) is 18.1 Å². The number of carbonyl (C=O) groups is 3. The Morgan fingerprint density at radius 1 is 1.05 bits per heavy atom. The fourth-order valence-corrected chi connectivity index (χ4v) is 6.49. The molecule has 2 aromatic carbocycles. The first-order chi connectivity index (χ1) is 20.7. The monoisotopic (exact) mass is 625 g/mol. The fourth-order valence-electron chi connectivity index (χ4n) is 5.12. The molecule has 0 atom stereocenters. The summed E-state index contributed by atoms with van der Waals surface area (Å²) in [4.78, 5) is 42.2. The summed E-state index contributed by atoms with van der Waals surface area (Å²) >= 11 is 7.37. The van der Waals surface area contributed by atoms with Gasteiger partial charge in [-0.15, -0.1) is 16.4 Å². The Morgan fingerprint density at radius 3 is 2.47 bits per heavy atom. The summed E-state index contributed by atoms with van der Waals surface area (Å²) in [5.74, 6) is -0.753. The molecule has 0 unspecified atom stereocenters. The molecular formula is C31H33ClFN5O4S. The van der Waals surface area contributed by atoms with E-state index in [4.69, 9.17) is 16.3 Å².